The van der Waals surface area contributed by atoms with Crippen molar-refractivity contribution < 1.29 is 9.59 Å². The number of hydrogen-bond donors (Lipinski definition) is 4. The summed E-state index contributed by atoms with van der Waals surface area (Å²) < 4.78 is 0.955. The first kappa shape index (κ1) is 22.1. The lowest BCUT2D eigenvalue weighted by molar-refractivity contribution is 0.262. The van der Waals surface area contributed by atoms with E-state index in [0.29, 0.717) is 17.2 Å². The van der Waals surface area contributed by atoms with Gasteiger partial charge in [0.15, 0.2) is 0 Å². The van der Waals surface area contributed by atoms with Crippen molar-refractivity contribution in [2.75, 3.05) is 16.4 Å². The Hall–Kier alpha value is -3.59. The number of carbonyl (C=O) groups is 1. The number of anilines is 3. The maximum atomic E-state index is 12.2. The van der Waals surface area contributed by atoms with Gasteiger partial charge in [-0.15, -0.1) is 11.3 Å². The number of amides is 2. The summed E-state index contributed by atoms with van der Waals surface area (Å²) in [7, 11) is 0. The van der Waals surface area contributed by atoms with Crippen LogP contribution in [0.1, 0.15) is 4.88 Å². The van der Waals surface area contributed by atoms with Gasteiger partial charge in [0, 0.05) is 26.3 Å². The molecular weight excluding hydrogens is 480 g/mol. The van der Waals surface area contributed by atoms with Crippen molar-refractivity contribution in [3.05, 3.63) is 64.2 Å². The van der Waals surface area contributed by atoms with Gasteiger partial charge in [-0.1, -0.05) is 28.1 Å². The monoisotopic (exact) mass is 496 g/mol. The van der Waals surface area contributed by atoms with Gasteiger partial charge in [-0.05, 0) is 48.9 Å². The lowest BCUT2D eigenvalue weighted by Gasteiger charge is -2.09. The van der Waals surface area contributed by atoms with Gasteiger partial charge >= 0.3 is 6.03 Å². The molecule has 0 bridgehead atoms. The van der Waals surface area contributed by atoms with E-state index in [1.165, 1.54) is 6.33 Å². The molecule has 2 heterocycles. The van der Waals surface area contributed by atoms with Crippen LogP contribution in [0.4, 0.5) is 22.0 Å². The Labute approximate surface area is 190 Å². The highest BCUT2D eigenvalue weighted by Crippen LogP contribution is 2.39. The average molecular weight is 497 g/mol. The molecule has 2 aromatic carbocycles. The minimum atomic E-state index is -0.301. The molecular formula is C21H17BrN6O2S. The fourth-order valence-corrected chi connectivity index (χ4v) is 4.25. The number of hydrogen-bond acceptors (Lipinski definition) is 7. The van der Waals surface area contributed by atoms with E-state index >= 15 is 0 Å². The largest absolute Gasteiger partial charge is 0.383 e. The highest BCUT2D eigenvalue weighted by molar-refractivity contribution is 9.10. The van der Waals surface area contributed by atoms with Crippen molar-refractivity contribution in [2.24, 2.45) is 0 Å². The van der Waals surface area contributed by atoms with Crippen LogP contribution in [0.15, 0.2) is 59.3 Å². The van der Waals surface area contributed by atoms with Crippen molar-refractivity contribution >= 4 is 66.8 Å². The van der Waals surface area contributed by atoms with E-state index in [4.69, 9.17) is 15.9 Å². The smallest absolute Gasteiger partial charge is 0.323 e. The molecule has 0 aliphatic heterocycles. The molecule has 0 radical (unpaired) electrons. The molecule has 31 heavy (non-hydrogen) atoms. The Morgan fingerprint density at radius 2 is 1.61 bits per heavy atom. The van der Waals surface area contributed by atoms with Gasteiger partial charge in [-0.25, -0.2) is 25.0 Å². The van der Waals surface area contributed by atoms with Crippen LogP contribution in [0.3, 0.4) is 0 Å². The third-order valence-corrected chi connectivity index (χ3v) is 5.77. The molecule has 156 valence electrons. The number of nitrogens with one attached hydrogen (secondary N) is 3. The Morgan fingerprint density at radius 3 is 2.19 bits per heavy atom. The van der Waals surface area contributed by atoms with Crippen molar-refractivity contribution in [3.63, 3.8) is 0 Å². The Kier molecular flexibility index (Phi) is 7.09. The lowest BCUT2D eigenvalue weighted by atomic mass is 10.0. The van der Waals surface area contributed by atoms with Crippen molar-refractivity contribution in [2.45, 2.75) is 6.92 Å². The maximum Gasteiger partial charge on any atom is 0.323 e. The number of thiophene rings is 1. The fourth-order valence-electron chi connectivity index (χ4n) is 2.96. The predicted octanol–water partition coefficient (Wildman–Crippen LogP) is 5.56. The minimum Gasteiger partial charge on any atom is -0.383 e. The molecule has 0 fully saturated rings. The summed E-state index contributed by atoms with van der Waals surface area (Å²) in [5.41, 5.74) is 9.52. The molecule has 0 saturated carbocycles. The highest BCUT2D eigenvalue weighted by Gasteiger charge is 2.15. The third-order valence-electron chi connectivity index (χ3n) is 4.23. The first-order chi connectivity index (χ1) is 14.9. The second kappa shape index (κ2) is 9.94. The Balaban J connectivity index is 0.000000858. The number of benzene rings is 2. The zero-order valence-corrected chi connectivity index (χ0v) is 18.7. The normalized spacial score (nSPS) is 10.0. The molecule has 5 N–H and O–H groups in total. The molecule has 4 rings (SSSR count). The minimum absolute atomic E-state index is 0.301. The van der Waals surface area contributed by atoms with Gasteiger partial charge < -0.3 is 16.4 Å². The number of nitrogen functional groups attached to an aromatic ring is 1. The highest BCUT2D eigenvalue weighted by atomic mass is 79.9. The number of nitrogens with zero attached hydrogens (tertiary/aromatic N) is 2. The molecule has 0 saturated heterocycles. The van der Waals surface area contributed by atoms with Crippen LogP contribution in [-0.2, 0) is 4.79 Å². The molecule has 8 nitrogen and oxygen atoms in total. The number of isocyanates is 1. The van der Waals surface area contributed by atoms with Crippen molar-refractivity contribution in [1.82, 2.24) is 9.97 Å². The molecule has 0 atom stereocenters. The number of aromatic nitrogens is 2. The van der Waals surface area contributed by atoms with Crippen LogP contribution in [-0.4, -0.2) is 22.1 Å². The summed E-state index contributed by atoms with van der Waals surface area (Å²) in [6, 6.07) is 14.7. The van der Waals surface area contributed by atoms with Crippen molar-refractivity contribution in [1.29, 1.82) is 5.41 Å². The van der Waals surface area contributed by atoms with Crippen LogP contribution in [0.5, 0.6) is 0 Å². The SMILES string of the molecule is Cc1sc2ncnc(N)c2c1-c1ccc(NC(=O)Nc2ccc(Br)cc2)cc1.N=C=O. The number of urea groups is 1. The van der Waals surface area contributed by atoms with E-state index in [1.807, 2.05) is 55.5 Å². The van der Waals surface area contributed by atoms with E-state index in [-0.39, 0.29) is 6.03 Å². The number of rotatable bonds is 3. The fraction of sp³-hybridized carbons (Fsp3) is 0.0476. The average Bonchev–Trinajstić information content (AvgIpc) is 3.08. The van der Waals surface area contributed by atoms with E-state index < -0.39 is 0 Å². The maximum absolute atomic E-state index is 12.2. The van der Waals surface area contributed by atoms with Gasteiger partial charge in [0.2, 0.25) is 6.08 Å². The summed E-state index contributed by atoms with van der Waals surface area (Å²) in [4.78, 5) is 31.0. The van der Waals surface area contributed by atoms with Gasteiger partial charge in [0.25, 0.3) is 0 Å². The van der Waals surface area contributed by atoms with Crippen LogP contribution in [0, 0.1) is 12.3 Å². The molecule has 0 aliphatic carbocycles. The van der Waals surface area contributed by atoms with E-state index in [0.717, 1.165) is 36.8 Å². The quantitative estimate of drug-likeness (QED) is 0.217. The van der Waals surface area contributed by atoms with Gasteiger partial charge in [0.1, 0.15) is 17.0 Å². The molecule has 4 aromatic rings. The zero-order chi connectivity index (χ0) is 22.4. The first-order valence-electron chi connectivity index (χ1n) is 8.90. The lowest BCUT2D eigenvalue weighted by Crippen LogP contribution is -2.19. The Morgan fingerprint density at radius 1 is 1.06 bits per heavy atom. The topological polar surface area (TPSA) is 134 Å². The second-order valence-electron chi connectivity index (χ2n) is 6.24. The molecule has 0 unspecified atom stereocenters. The van der Waals surface area contributed by atoms with E-state index in [2.05, 4.69) is 36.5 Å². The van der Waals surface area contributed by atoms with Crippen molar-refractivity contribution in [3.8, 4) is 11.1 Å². The zero-order valence-electron chi connectivity index (χ0n) is 16.3. The van der Waals surface area contributed by atoms with E-state index in [1.54, 1.807) is 11.3 Å². The van der Waals surface area contributed by atoms with Crippen LogP contribution < -0.4 is 16.4 Å². The van der Waals surface area contributed by atoms with Gasteiger partial charge in [0.05, 0.1) is 5.39 Å². The predicted molar refractivity (Wildman–Crippen MR) is 127 cm³/mol. The molecule has 0 spiro atoms. The van der Waals surface area contributed by atoms with Gasteiger partial charge in [-0.3, -0.25) is 0 Å². The molecule has 0 aliphatic rings. The number of carbonyl (C=O) groups excluding carboxylic acids is 2. The second-order valence-corrected chi connectivity index (χ2v) is 8.36. The third kappa shape index (κ3) is 5.32. The summed E-state index contributed by atoms with van der Waals surface area (Å²) in [5.74, 6) is 0.473. The number of fused-ring (bicyclic) bond motifs is 1. The first-order valence-corrected chi connectivity index (χ1v) is 10.5. The molecule has 2 aromatic heterocycles. The summed E-state index contributed by atoms with van der Waals surface area (Å²) in [6.07, 6.45) is 2.23. The van der Waals surface area contributed by atoms with Gasteiger partial charge in [-0.2, -0.15) is 0 Å². The Bertz CT molecular complexity index is 1250. The number of nitrogens with two attached hydrogens (primary N) is 1. The summed E-state index contributed by atoms with van der Waals surface area (Å²) >= 11 is 4.96. The van der Waals surface area contributed by atoms with Crippen LogP contribution >= 0.6 is 27.3 Å². The number of halogens is 1. The number of aryl methyl sites for hydroxylation is 1. The van der Waals surface area contributed by atoms with Crippen LogP contribution in [0.2, 0.25) is 0 Å². The summed E-state index contributed by atoms with van der Waals surface area (Å²) in [5, 5.41) is 11.9. The standard InChI is InChI=1S/C20H16BrN5OS.CHNO/c1-11-16(17-18(22)23-10-24-19(17)28-11)12-2-6-14(7-3-12)25-20(27)26-15-8-4-13(21)5-9-15;2-1-3/h2-10H,1H3,(H2,22,23,24)(H2,25,26,27);2H. The van der Waals surface area contributed by atoms with E-state index in [9.17, 15) is 4.79 Å². The molecule has 2 amide bonds. The summed E-state index contributed by atoms with van der Waals surface area (Å²) in [6.45, 7) is 2.04. The van der Waals surface area contributed by atoms with Crippen LogP contribution in [0.25, 0.3) is 21.3 Å². The molecule has 10 heteroatoms.